The number of quaternary nitrogens is 2. The number of rotatable bonds is 2. The van der Waals surface area contributed by atoms with Gasteiger partial charge in [0, 0.05) is 10.8 Å². The summed E-state index contributed by atoms with van der Waals surface area (Å²) in [7, 11) is 13.4. The molecule has 21 heavy (non-hydrogen) atoms. The fraction of sp³-hybridized carbons (Fsp3) is 1.00. The van der Waals surface area contributed by atoms with Crippen LogP contribution in [0.15, 0.2) is 0 Å². The van der Waals surface area contributed by atoms with Crippen molar-refractivity contribution in [2.24, 2.45) is 10.8 Å². The van der Waals surface area contributed by atoms with E-state index in [1.54, 1.807) is 0 Å². The Kier molecular flexibility index (Phi) is 16.3. The van der Waals surface area contributed by atoms with Gasteiger partial charge in [0.25, 0.3) is 0 Å². The topological polar surface area (TPSA) is 30.0 Å². The van der Waals surface area contributed by atoms with Gasteiger partial charge in [-0.05, 0) is 0 Å². The van der Waals surface area contributed by atoms with Crippen molar-refractivity contribution in [3.63, 3.8) is 0 Å². The van der Waals surface area contributed by atoms with Crippen molar-refractivity contribution < 1.29 is 23.9 Å². The van der Waals surface area contributed by atoms with Crippen LogP contribution in [0, 0.1) is 10.8 Å². The van der Waals surface area contributed by atoms with Crippen LogP contribution in [0.5, 0.6) is 0 Å². The van der Waals surface area contributed by atoms with Gasteiger partial charge in [-0.3, -0.25) is 4.70 Å². The first-order chi connectivity index (χ1) is 7.41. The summed E-state index contributed by atoms with van der Waals surface area (Å²) in [4.78, 5) is 0. The van der Waals surface area contributed by atoms with E-state index < -0.39 is 0 Å². The molecule has 136 valence electrons. The molecule has 5 heteroatoms. The van der Waals surface area contributed by atoms with Gasteiger partial charge >= 0.3 is 0 Å². The Morgan fingerprint density at radius 3 is 0.714 bits per heavy atom. The average molecular weight is 317 g/mol. The zero-order chi connectivity index (χ0) is 15.4. The van der Waals surface area contributed by atoms with Crippen molar-refractivity contribution in [1.29, 1.82) is 0 Å². The minimum Gasteiger partial charge on any atom is -1.00 e. The number of nitrogens with zero attached hydrogens (tertiary/aromatic N) is 2. The Balaban J connectivity index is -0.0000000711. The third kappa shape index (κ3) is 45.1. The third-order valence-electron chi connectivity index (χ3n) is 1.90. The van der Waals surface area contributed by atoms with Crippen LogP contribution in [0.4, 0.5) is 4.70 Å². The minimum absolute atomic E-state index is 0. The molecule has 3 nitrogen and oxygen atoms in total. The molecule has 0 aromatic rings. The van der Waals surface area contributed by atoms with Crippen LogP contribution in [0.2, 0.25) is 0 Å². The second-order valence-electron chi connectivity index (χ2n) is 10.0. The number of halogens is 2. The summed E-state index contributed by atoms with van der Waals surface area (Å²) in [5.74, 6) is 0. The molecule has 0 aromatic carbocycles. The SMILES string of the molecule is CC(C)(C)C[N+](C)(C)C.CC(C)(C)C[N+](C)(C)C.F.[F-].[OH-]. The van der Waals surface area contributed by atoms with Crippen molar-refractivity contribution in [3.8, 4) is 0 Å². The van der Waals surface area contributed by atoms with E-state index in [4.69, 9.17) is 0 Å². The number of hydrogen-bond acceptors (Lipinski definition) is 1. The molecule has 0 rings (SSSR count). The molecule has 0 aliphatic rings. The van der Waals surface area contributed by atoms with E-state index in [2.05, 4.69) is 83.8 Å². The molecule has 0 fully saturated rings. The lowest BCUT2D eigenvalue weighted by Crippen LogP contribution is -3.00. The Labute approximate surface area is 132 Å². The Bertz CT molecular complexity index is 181. The normalized spacial score (nSPS) is 12.0. The molecular weight excluding hydrogens is 274 g/mol. The predicted molar refractivity (Wildman–Crippen MR) is 89.1 cm³/mol. The first-order valence-corrected chi connectivity index (χ1v) is 7.02. The van der Waals surface area contributed by atoms with E-state index in [0.717, 1.165) is 8.97 Å². The molecule has 0 aromatic heterocycles. The van der Waals surface area contributed by atoms with Gasteiger partial charge < -0.3 is 19.1 Å². The molecule has 0 heterocycles. The smallest absolute Gasteiger partial charge is 0.0829 e. The summed E-state index contributed by atoms with van der Waals surface area (Å²) in [5, 5.41) is 0. The first kappa shape index (κ1) is 32.6. The molecule has 0 aliphatic heterocycles. The van der Waals surface area contributed by atoms with Gasteiger partial charge in [0.15, 0.2) is 0 Å². The molecule has 0 bridgehead atoms. The second-order valence-corrected chi connectivity index (χ2v) is 10.0. The van der Waals surface area contributed by atoms with E-state index in [1.807, 2.05) is 0 Å². The average Bonchev–Trinajstić information content (AvgIpc) is 1.64. The van der Waals surface area contributed by atoms with Crippen molar-refractivity contribution in [2.45, 2.75) is 41.5 Å². The summed E-state index contributed by atoms with van der Waals surface area (Å²) >= 11 is 0. The maximum Gasteiger partial charge on any atom is 0.0829 e. The summed E-state index contributed by atoms with van der Waals surface area (Å²) in [6.07, 6.45) is 0. The Morgan fingerprint density at radius 2 is 0.714 bits per heavy atom. The molecule has 1 N–H and O–H groups in total. The molecule has 0 radical (unpaired) electrons. The van der Waals surface area contributed by atoms with E-state index in [-0.39, 0.29) is 14.9 Å². The van der Waals surface area contributed by atoms with E-state index in [1.165, 1.54) is 13.1 Å². The monoisotopic (exact) mass is 316 g/mol. The van der Waals surface area contributed by atoms with Crippen molar-refractivity contribution >= 4 is 0 Å². The predicted octanol–water partition coefficient (Wildman–Crippen LogP) is 0.457. The Morgan fingerprint density at radius 1 is 0.571 bits per heavy atom. The summed E-state index contributed by atoms with van der Waals surface area (Å²) in [6.45, 7) is 16.1. The zero-order valence-electron chi connectivity index (χ0n) is 16.5. The highest BCUT2D eigenvalue weighted by Gasteiger charge is 2.20. The largest absolute Gasteiger partial charge is 1.00 e. The van der Waals surface area contributed by atoms with Gasteiger partial charge in [-0.2, -0.15) is 0 Å². The van der Waals surface area contributed by atoms with Gasteiger partial charge in [0.05, 0.1) is 55.4 Å². The molecular formula is C16H42F2N2O. The molecule has 0 amide bonds. The van der Waals surface area contributed by atoms with Crippen molar-refractivity contribution in [1.82, 2.24) is 0 Å². The fourth-order valence-corrected chi connectivity index (χ4v) is 2.85. The maximum atomic E-state index is 2.27. The fourth-order valence-electron chi connectivity index (χ4n) is 2.85. The highest BCUT2D eigenvalue weighted by Crippen LogP contribution is 2.16. The quantitative estimate of drug-likeness (QED) is 0.681. The van der Waals surface area contributed by atoms with Gasteiger partial charge in [-0.25, -0.2) is 0 Å². The van der Waals surface area contributed by atoms with Crippen molar-refractivity contribution in [3.05, 3.63) is 0 Å². The van der Waals surface area contributed by atoms with Gasteiger partial charge in [-0.15, -0.1) is 0 Å². The molecule has 0 saturated heterocycles. The van der Waals surface area contributed by atoms with Crippen LogP contribution in [-0.2, 0) is 0 Å². The third-order valence-corrected chi connectivity index (χ3v) is 1.90. The van der Waals surface area contributed by atoms with Gasteiger partial charge in [0.2, 0.25) is 0 Å². The molecule has 0 aliphatic carbocycles. The summed E-state index contributed by atoms with van der Waals surface area (Å²) < 4.78 is 2.12. The molecule has 0 spiro atoms. The Hall–Kier alpha value is -0.260. The molecule has 0 atom stereocenters. The molecule has 0 unspecified atom stereocenters. The highest BCUT2D eigenvalue weighted by atomic mass is 19.0. The van der Waals surface area contributed by atoms with Crippen LogP contribution >= 0.6 is 0 Å². The summed E-state index contributed by atoms with van der Waals surface area (Å²) in [6, 6.07) is 0. The zero-order valence-corrected chi connectivity index (χ0v) is 16.5. The van der Waals surface area contributed by atoms with E-state index in [9.17, 15) is 0 Å². The maximum absolute atomic E-state index is 2.27. The summed E-state index contributed by atoms with van der Waals surface area (Å²) in [5.41, 5.74) is 0.913. The van der Waals surface area contributed by atoms with Crippen LogP contribution < -0.4 is 4.70 Å². The standard InChI is InChI=1S/2C8H20N.2FH.H2O/c2*1-8(2,3)7-9(4,5)6;;;/h2*7H2,1-6H3;2*1H;1H2/q2*+1;;;/p-2. The number of hydrogen-bond donors (Lipinski definition) is 0. The van der Waals surface area contributed by atoms with E-state index >= 15 is 0 Å². The minimum atomic E-state index is 0. The van der Waals surface area contributed by atoms with E-state index in [0.29, 0.717) is 10.8 Å². The second kappa shape index (κ2) is 10.5. The van der Waals surface area contributed by atoms with Crippen LogP contribution in [0.1, 0.15) is 41.5 Å². The molecule has 0 saturated carbocycles. The highest BCUT2D eigenvalue weighted by molar-refractivity contribution is 4.58. The van der Waals surface area contributed by atoms with Crippen LogP contribution in [-0.4, -0.2) is 69.8 Å². The van der Waals surface area contributed by atoms with Crippen molar-refractivity contribution in [2.75, 3.05) is 55.4 Å². The van der Waals surface area contributed by atoms with Gasteiger partial charge in [0.1, 0.15) is 0 Å². The lowest BCUT2D eigenvalue weighted by molar-refractivity contribution is -0.876. The van der Waals surface area contributed by atoms with Gasteiger partial charge in [-0.1, -0.05) is 41.5 Å². The van der Waals surface area contributed by atoms with Crippen LogP contribution in [0.3, 0.4) is 0 Å². The lowest BCUT2D eigenvalue weighted by Gasteiger charge is -2.31. The first-order valence-electron chi connectivity index (χ1n) is 7.02. The lowest BCUT2D eigenvalue weighted by atomic mass is 9.96. The van der Waals surface area contributed by atoms with Crippen LogP contribution in [0.25, 0.3) is 0 Å².